The molecule has 30 heavy (non-hydrogen) atoms. The molecule has 0 saturated carbocycles. The molecule has 0 aliphatic rings. The van der Waals surface area contributed by atoms with Crippen LogP contribution in [0.1, 0.15) is 36.7 Å². The van der Waals surface area contributed by atoms with Crippen molar-refractivity contribution in [1.82, 2.24) is 10.0 Å². The standard InChI is InChI=1S/C24H26N2O3S/c1-24(2,3)26-23(27)21-11-9-19(10-12-21)20-13-15-22(16-14-20)30(28,29)25-17-18-7-5-4-6-8-18/h4-16,25H,17H2,1-3H3,(H,26,27). The van der Waals surface area contributed by atoms with Gasteiger partial charge in [0.05, 0.1) is 4.90 Å². The number of carbonyl (C=O) groups is 1. The molecule has 1 amide bonds. The Morgan fingerprint density at radius 1 is 0.800 bits per heavy atom. The highest BCUT2D eigenvalue weighted by molar-refractivity contribution is 7.89. The van der Waals surface area contributed by atoms with E-state index >= 15 is 0 Å². The van der Waals surface area contributed by atoms with Crippen molar-refractivity contribution in [2.75, 3.05) is 0 Å². The fourth-order valence-electron chi connectivity index (χ4n) is 2.91. The Morgan fingerprint density at radius 3 is 1.87 bits per heavy atom. The Hall–Kier alpha value is -2.96. The van der Waals surface area contributed by atoms with Crippen molar-refractivity contribution in [3.63, 3.8) is 0 Å². The Bertz CT molecular complexity index is 1100. The molecule has 0 heterocycles. The van der Waals surface area contributed by atoms with Gasteiger partial charge >= 0.3 is 0 Å². The van der Waals surface area contributed by atoms with E-state index in [0.29, 0.717) is 5.56 Å². The first-order valence-corrected chi connectivity index (χ1v) is 11.2. The summed E-state index contributed by atoms with van der Waals surface area (Å²) < 4.78 is 27.7. The molecule has 5 nitrogen and oxygen atoms in total. The second-order valence-electron chi connectivity index (χ2n) is 8.12. The highest BCUT2D eigenvalue weighted by atomic mass is 32.2. The molecule has 0 spiro atoms. The van der Waals surface area contributed by atoms with Crippen molar-refractivity contribution in [1.29, 1.82) is 0 Å². The molecule has 2 N–H and O–H groups in total. The predicted molar refractivity (Wildman–Crippen MR) is 120 cm³/mol. The molecule has 0 unspecified atom stereocenters. The molecule has 0 aliphatic carbocycles. The average molecular weight is 423 g/mol. The first-order valence-electron chi connectivity index (χ1n) is 9.71. The van der Waals surface area contributed by atoms with Gasteiger partial charge in [-0.15, -0.1) is 0 Å². The molecule has 3 aromatic rings. The van der Waals surface area contributed by atoms with Gasteiger partial charge in [-0.1, -0.05) is 54.6 Å². The minimum Gasteiger partial charge on any atom is -0.347 e. The molecule has 156 valence electrons. The summed E-state index contributed by atoms with van der Waals surface area (Å²) in [5.41, 5.74) is 2.96. The van der Waals surface area contributed by atoms with Gasteiger partial charge in [-0.05, 0) is 61.7 Å². The van der Waals surface area contributed by atoms with Crippen LogP contribution in [0.3, 0.4) is 0 Å². The third-order valence-electron chi connectivity index (χ3n) is 4.44. The molecular weight excluding hydrogens is 396 g/mol. The van der Waals surface area contributed by atoms with Crippen LogP contribution in [0, 0.1) is 0 Å². The fourth-order valence-corrected chi connectivity index (χ4v) is 3.93. The smallest absolute Gasteiger partial charge is 0.251 e. The lowest BCUT2D eigenvalue weighted by Crippen LogP contribution is -2.40. The summed E-state index contributed by atoms with van der Waals surface area (Å²) in [4.78, 5) is 12.5. The molecule has 6 heteroatoms. The lowest BCUT2D eigenvalue weighted by atomic mass is 10.0. The van der Waals surface area contributed by atoms with Crippen LogP contribution in [0.2, 0.25) is 0 Å². The van der Waals surface area contributed by atoms with Crippen LogP contribution in [-0.4, -0.2) is 19.9 Å². The first kappa shape index (κ1) is 21.7. The van der Waals surface area contributed by atoms with Crippen LogP contribution in [0.15, 0.2) is 83.8 Å². The Kier molecular flexibility index (Phi) is 6.39. The number of amides is 1. The molecule has 3 aromatic carbocycles. The highest BCUT2D eigenvalue weighted by Crippen LogP contribution is 2.22. The van der Waals surface area contributed by atoms with Crippen LogP contribution in [0.4, 0.5) is 0 Å². The second kappa shape index (κ2) is 8.81. The Balaban J connectivity index is 1.70. The summed E-state index contributed by atoms with van der Waals surface area (Å²) in [5.74, 6) is -0.125. The van der Waals surface area contributed by atoms with E-state index in [1.54, 1.807) is 36.4 Å². The van der Waals surface area contributed by atoms with E-state index in [1.165, 1.54) is 0 Å². The van der Waals surface area contributed by atoms with E-state index in [-0.39, 0.29) is 22.9 Å². The third-order valence-corrected chi connectivity index (χ3v) is 5.86. The van der Waals surface area contributed by atoms with Gasteiger partial charge in [0, 0.05) is 17.6 Å². The fraction of sp³-hybridized carbons (Fsp3) is 0.208. The van der Waals surface area contributed by atoms with Gasteiger partial charge in [-0.3, -0.25) is 4.79 Å². The van der Waals surface area contributed by atoms with Gasteiger partial charge in [-0.25, -0.2) is 13.1 Å². The molecule has 0 aromatic heterocycles. The molecule has 0 radical (unpaired) electrons. The van der Waals surface area contributed by atoms with Crippen molar-refractivity contribution in [3.8, 4) is 11.1 Å². The van der Waals surface area contributed by atoms with Crippen LogP contribution in [0.5, 0.6) is 0 Å². The minimum atomic E-state index is -3.60. The summed E-state index contributed by atoms with van der Waals surface area (Å²) in [7, 11) is -3.60. The molecular formula is C24H26N2O3S. The maximum Gasteiger partial charge on any atom is 0.251 e. The lowest BCUT2D eigenvalue weighted by molar-refractivity contribution is 0.0919. The van der Waals surface area contributed by atoms with E-state index in [0.717, 1.165) is 16.7 Å². The van der Waals surface area contributed by atoms with Crippen LogP contribution >= 0.6 is 0 Å². The zero-order valence-corrected chi connectivity index (χ0v) is 18.2. The summed E-state index contributed by atoms with van der Waals surface area (Å²) in [6.07, 6.45) is 0. The molecule has 0 atom stereocenters. The zero-order valence-electron chi connectivity index (χ0n) is 17.3. The maximum absolute atomic E-state index is 12.5. The molecule has 0 aliphatic heterocycles. The number of nitrogens with one attached hydrogen (secondary N) is 2. The predicted octanol–water partition coefficient (Wildman–Crippen LogP) is 4.36. The number of hydrogen-bond donors (Lipinski definition) is 2. The largest absolute Gasteiger partial charge is 0.347 e. The second-order valence-corrected chi connectivity index (χ2v) is 9.88. The van der Waals surface area contributed by atoms with Crippen molar-refractivity contribution in [2.24, 2.45) is 0 Å². The molecule has 0 bridgehead atoms. The van der Waals surface area contributed by atoms with Crippen LogP contribution < -0.4 is 10.0 Å². The summed E-state index contributed by atoms with van der Waals surface area (Å²) in [5, 5.41) is 2.93. The first-order chi connectivity index (χ1) is 14.1. The van der Waals surface area contributed by atoms with Gasteiger partial charge in [-0.2, -0.15) is 0 Å². The van der Waals surface area contributed by atoms with Crippen LogP contribution in [-0.2, 0) is 16.6 Å². The Morgan fingerprint density at radius 2 is 1.33 bits per heavy atom. The summed E-state index contributed by atoms with van der Waals surface area (Å²) in [6, 6.07) is 23.3. The van der Waals surface area contributed by atoms with Crippen molar-refractivity contribution in [3.05, 3.63) is 90.0 Å². The van der Waals surface area contributed by atoms with Crippen LogP contribution in [0.25, 0.3) is 11.1 Å². The van der Waals surface area contributed by atoms with E-state index in [9.17, 15) is 13.2 Å². The normalized spacial score (nSPS) is 11.8. The summed E-state index contributed by atoms with van der Waals surface area (Å²) >= 11 is 0. The van der Waals surface area contributed by atoms with E-state index < -0.39 is 10.0 Å². The van der Waals surface area contributed by atoms with Crippen molar-refractivity contribution in [2.45, 2.75) is 37.8 Å². The topological polar surface area (TPSA) is 75.3 Å². The molecule has 0 fully saturated rings. The zero-order chi connectivity index (χ0) is 21.8. The van der Waals surface area contributed by atoms with E-state index in [2.05, 4.69) is 10.0 Å². The number of rotatable bonds is 6. The number of hydrogen-bond acceptors (Lipinski definition) is 3. The number of benzene rings is 3. The third kappa shape index (κ3) is 5.78. The van der Waals surface area contributed by atoms with Gasteiger partial charge < -0.3 is 5.32 Å². The van der Waals surface area contributed by atoms with Gasteiger partial charge in [0.15, 0.2) is 0 Å². The van der Waals surface area contributed by atoms with E-state index in [1.807, 2.05) is 63.2 Å². The molecule has 0 saturated heterocycles. The maximum atomic E-state index is 12.5. The van der Waals surface area contributed by atoms with Crippen molar-refractivity contribution >= 4 is 15.9 Å². The number of carbonyl (C=O) groups excluding carboxylic acids is 1. The highest BCUT2D eigenvalue weighted by Gasteiger charge is 2.16. The average Bonchev–Trinajstić information content (AvgIpc) is 2.72. The van der Waals surface area contributed by atoms with Gasteiger partial charge in [0.25, 0.3) is 5.91 Å². The quantitative estimate of drug-likeness (QED) is 0.620. The van der Waals surface area contributed by atoms with Gasteiger partial charge in [0.2, 0.25) is 10.0 Å². The summed E-state index contributed by atoms with van der Waals surface area (Å²) in [6.45, 7) is 6.04. The number of sulfonamides is 1. The molecule has 3 rings (SSSR count). The minimum absolute atomic E-state index is 0.125. The van der Waals surface area contributed by atoms with Crippen molar-refractivity contribution < 1.29 is 13.2 Å². The monoisotopic (exact) mass is 422 g/mol. The Labute approximate surface area is 178 Å². The SMILES string of the molecule is CC(C)(C)NC(=O)c1ccc(-c2ccc(S(=O)(=O)NCc3ccccc3)cc2)cc1. The lowest BCUT2D eigenvalue weighted by Gasteiger charge is -2.20. The van der Waals surface area contributed by atoms with E-state index in [4.69, 9.17) is 0 Å². The van der Waals surface area contributed by atoms with Gasteiger partial charge in [0.1, 0.15) is 0 Å².